The lowest BCUT2D eigenvalue weighted by molar-refractivity contribution is -0.115. The molecule has 4 rings (SSSR count). The standard InChI is InChI=1S/C20H20N6O3/c1-11-16(18(21)27)17(13-5-4-8-22-10-13)26-20(23-11)24-19(25-26)12-6-7-14(28-2)15(9-12)29-3/h4-10,17H,1-3H3,(H2,21,27)(H,23,24,25)/t17-/m0/s1. The number of hydrogen-bond acceptors (Lipinski definition) is 7. The average molecular weight is 392 g/mol. The maximum absolute atomic E-state index is 12.2. The van der Waals surface area contributed by atoms with Crippen LogP contribution in [0, 0.1) is 0 Å². The number of nitrogens with zero attached hydrogens (tertiary/aromatic N) is 4. The van der Waals surface area contributed by atoms with E-state index < -0.39 is 11.9 Å². The maximum atomic E-state index is 12.2. The van der Waals surface area contributed by atoms with E-state index in [2.05, 4.69) is 20.4 Å². The van der Waals surface area contributed by atoms with Crippen LogP contribution in [0.1, 0.15) is 18.5 Å². The van der Waals surface area contributed by atoms with E-state index in [4.69, 9.17) is 15.2 Å². The van der Waals surface area contributed by atoms with Gasteiger partial charge in [0.25, 0.3) is 0 Å². The van der Waals surface area contributed by atoms with Crippen molar-refractivity contribution in [2.45, 2.75) is 13.0 Å². The molecule has 0 unspecified atom stereocenters. The van der Waals surface area contributed by atoms with Gasteiger partial charge in [-0.1, -0.05) is 6.07 Å². The molecule has 0 radical (unpaired) electrons. The van der Waals surface area contributed by atoms with Crippen molar-refractivity contribution < 1.29 is 14.3 Å². The molecule has 3 N–H and O–H groups in total. The molecule has 3 heterocycles. The number of carbonyl (C=O) groups is 1. The number of primary amides is 1. The Hall–Kier alpha value is -3.88. The Morgan fingerprint density at radius 2 is 2.00 bits per heavy atom. The largest absolute Gasteiger partial charge is 0.493 e. The Kier molecular flexibility index (Phi) is 4.63. The van der Waals surface area contributed by atoms with Crippen LogP contribution in [-0.4, -0.2) is 39.9 Å². The molecule has 1 aliphatic rings. The number of ether oxygens (including phenoxy) is 2. The molecule has 0 saturated heterocycles. The number of rotatable bonds is 5. The minimum atomic E-state index is -0.530. The summed E-state index contributed by atoms with van der Waals surface area (Å²) in [6.45, 7) is 1.79. The quantitative estimate of drug-likeness (QED) is 0.683. The third-order valence-corrected chi connectivity index (χ3v) is 4.76. The van der Waals surface area contributed by atoms with Gasteiger partial charge in [-0.05, 0) is 36.8 Å². The Labute approximate surface area is 167 Å². The molecule has 1 atom stereocenters. The number of nitrogens with two attached hydrogens (primary N) is 1. The fourth-order valence-electron chi connectivity index (χ4n) is 3.41. The molecule has 0 spiro atoms. The Bertz CT molecular complexity index is 1110. The minimum absolute atomic E-state index is 0.411. The third-order valence-electron chi connectivity index (χ3n) is 4.76. The molecule has 0 aliphatic carbocycles. The lowest BCUT2D eigenvalue weighted by atomic mass is 9.97. The van der Waals surface area contributed by atoms with E-state index in [1.807, 2.05) is 12.1 Å². The van der Waals surface area contributed by atoms with E-state index in [0.717, 1.165) is 11.1 Å². The molecule has 0 saturated carbocycles. The number of allylic oxidation sites excluding steroid dienone is 1. The van der Waals surface area contributed by atoms with Gasteiger partial charge in [0.1, 0.15) is 6.04 Å². The molecule has 1 aromatic carbocycles. The summed E-state index contributed by atoms with van der Waals surface area (Å²) in [4.78, 5) is 21.0. The first-order valence-electron chi connectivity index (χ1n) is 8.90. The van der Waals surface area contributed by atoms with Gasteiger partial charge in [-0.2, -0.15) is 4.98 Å². The van der Waals surface area contributed by atoms with Gasteiger partial charge in [0, 0.05) is 23.7 Å². The van der Waals surface area contributed by atoms with Crippen LogP contribution in [0.15, 0.2) is 54.0 Å². The molecule has 148 valence electrons. The first-order valence-corrected chi connectivity index (χ1v) is 8.90. The van der Waals surface area contributed by atoms with Crippen LogP contribution in [0.3, 0.4) is 0 Å². The van der Waals surface area contributed by atoms with Gasteiger partial charge >= 0.3 is 0 Å². The predicted molar refractivity (Wildman–Crippen MR) is 106 cm³/mol. The highest BCUT2D eigenvalue weighted by Crippen LogP contribution is 2.37. The zero-order valence-electron chi connectivity index (χ0n) is 16.2. The normalized spacial score (nSPS) is 15.5. The molecule has 1 aliphatic heterocycles. The predicted octanol–water partition coefficient (Wildman–Crippen LogP) is 2.13. The molecule has 29 heavy (non-hydrogen) atoms. The number of fused-ring (bicyclic) bond motifs is 1. The number of nitrogens with one attached hydrogen (secondary N) is 1. The van der Waals surface area contributed by atoms with Crippen LogP contribution in [0.2, 0.25) is 0 Å². The molecule has 1 amide bonds. The van der Waals surface area contributed by atoms with E-state index >= 15 is 0 Å². The second kappa shape index (κ2) is 7.27. The van der Waals surface area contributed by atoms with Crippen molar-refractivity contribution in [2.75, 3.05) is 19.5 Å². The molecule has 3 aromatic rings. The van der Waals surface area contributed by atoms with Crippen molar-refractivity contribution in [3.05, 3.63) is 59.6 Å². The Balaban J connectivity index is 1.84. The number of benzene rings is 1. The van der Waals surface area contributed by atoms with E-state index in [1.54, 1.807) is 56.4 Å². The van der Waals surface area contributed by atoms with Crippen molar-refractivity contribution in [2.24, 2.45) is 5.73 Å². The Morgan fingerprint density at radius 3 is 2.66 bits per heavy atom. The summed E-state index contributed by atoms with van der Waals surface area (Å²) in [6, 6.07) is 8.58. The summed E-state index contributed by atoms with van der Waals surface area (Å²) in [6.07, 6.45) is 3.36. The zero-order valence-corrected chi connectivity index (χ0v) is 16.2. The van der Waals surface area contributed by atoms with Crippen LogP contribution < -0.4 is 20.5 Å². The van der Waals surface area contributed by atoms with Crippen molar-refractivity contribution in [1.82, 2.24) is 19.7 Å². The zero-order chi connectivity index (χ0) is 20.5. The van der Waals surface area contributed by atoms with Gasteiger partial charge in [-0.15, -0.1) is 5.10 Å². The van der Waals surface area contributed by atoms with Gasteiger partial charge in [0.05, 0.1) is 19.8 Å². The highest BCUT2D eigenvalue weighted by atomic mass is 16.5. The van der Waals surface area contributed by atoms with Crippen molar-refractivity contribution >= 4 is 11.9 Å². The first-order chi connectivity index (χ1) is 14.0. The topological polar surface area (TPSA) is 117 Å². The Morgan fingerprint density at radius 1 is 1.21 bits per heavy atom. The molecule has 2 aromatic heterocycles. The molecule has 0 fully saturated rings. The molecular formula is C20H20N6O3. The fourth-order valence-corrected chi connectivity index (χ4v) is 3.41. The van der Waals surface area contributed by atoms with Crippen LogP contribution in [0.5, 0.6) is 11.5 Å². The van der Waals surface area contributed by atoms with E-state index in [-0.39, 0.29) is 0 Å². The first kappa shape index (κ1) is 18.5. The average Bonchev–Trinajstić information content (AvgIpc) is 3.16. The molecule has 0 bridgehead atoms. The van der Waals surface area contributed by atoms with Crippen LogP contribution >= 0.6 is 0 Å². The highest BCUT2D eigenvalue weighted by Gasteiger charge is 2.33. The monoisotopic (exact) mass is 392 g/mol. The number of amides is 1. The number of carbonyl (C=O) groups excluding carboxylic acids is 1. The van der Waals surface area contributed by atoms with Crippen molar-refractivity contribution in [3.8, 4) is 22.9 Å². The smallest absolute Gasteiger partial charge is 0.248 e. The second-order valence-corrected chi connectivity index (χ2v) is 6.49. The van der Waals surface area contributed by atoms with Crippen LogP contribution in [-0.2, 0) is 4.79 Å². The fraction of sp³-hybridized carbons (Fsp3) is 0.200. The number of pyridine rings is 1. The molecular weight excluding hydrogens is 372 g/mol. The SMILES string of the molecule is COc1ccc(-c2nc3n(n2)[C@@H](c2cccnc2)C(C(N)=O)=C(C)N3)cc1OC. The van der Waals surface area contributed by atoms with Crippen molar-refractivity contribution in [3.63, 3.8) is 0 Å². The maximum Gasteiger partial charge on any atom is 0.248 e. The number of anilines is 1. The van der Waals surface area contributed by atoms with E-state index in [9.17, 15) is 4.79 Å². The summed E-state index contributed by atoms with van der Waals surface area (Å²) >= 11 is 0. The summed E-state index contributed by atoms with van der Waals surface area (Å²) < 4.78 is 12.3. The number of methoxy groups -OCH3 is 2. The van der Waals surface area contributed by atoms with Gasteiger partial charge in [0.2, 0.25) is 11.9 Å². The number of aromatic nitrogens is 4. The van der Waals surface area contributed by atoms with Gasteiger partial charge in [0.15, 0.2) is 17.3 Å². The lowest BCUT2D eigenvalue weighted by Gasteiger charge is -2.27. The third kappa shape index (κ3) is 3.16. The summed E-state index contributed by atoms with van der Waals surface area (Å²) in [5.41, 5.74) is 8.25. The summed E-state index contributed by atoms with van der Waals surface area (Å²) in [7, 11) is 3.15. The van der Waals surface area contributed by atoms with Gasteiger partial charge in [-0.25, -0.2) is 4.68 Å². The van der Waals surface area contributed by atoms with E-state index in [0.29, 0.717) is 34.5 Å². The van der Waals surface area contributed by atoms with Gasteiger partial charge in [-0.3, -0.25) is 9.78 Å². The second-order valence-electron chi connectivity index (χ2n) is 6.49. The molecule has 9 nitrogen and oxygen atoms in total. The van der Waals surface area contributed by atoms with Crippen LogP contribution in [0.25, 0.3) is 11.4 Å². The van der Waals surface area contributed by atoms with Crippen LogP contribution in [0.4, 0.5) is 5.95 Å². The van der Waals surface area contributed by atoms with Gasteiger partial charge < -0.3 is 20.5 Å². The lowest BCUT2D eigenvalue weighted by Crippen LogP contribution is -2.31. The van der Waals surface area contributed by atoms with E-state index in [1.165, 1.54) is 0 Å². The summed E-state index contributed by atoms with van der Waals surface area (Å²) in [5, 5.41) is 7.78. The summed E-state index contributed by atoms with van der Waals surface area (Å²) in [5.74, 6) is 1.63. The number of hydrogen-bond donors (Lipinski definition) is 2. The minimum Gasteiger partial charge on any atom is -0.493 e. The van der Waals surface area contributed by atoms with Crippen molar-refractivity contribution in [1.29, 1.82) is 0 Å². The molecule has 9 heteroatoms. The highest BCUT2D eigenvalue weighted by molar-refractivity contribution is 5.95.